The Kier molecular flexibility index (Phi) is 6.63. The first-order valence-electron chi connectivity index (χ1n) is 9.50. The SMILES string of the molecule is CCC(C(=O)O)N(C(=O)Cc1cccc(Oc2ccccc2)c1)c1ccccc1. The first kappa shape index (κ1) is 20.1. The maximum atomic E-state index is 13.1. The van der Waals surface area contributed by atoms with Gasteiger partial charge in [-0.05, 0) is 48.4 Å². The van der Waals surface area contributed by atoms with Crippen molar-refractivity contribution in [2.75, 3.05) is 4.90 Å². The average molecular weight is 389 g/mol. The van der Waals surface area contributed by atoms with Crippen LogP contribution in [0.15, 0.2) is 84.9 Å². The van der Waals surface area contributed by atoms with E-state index in [1.807, 2.05) is 54.6 Å². The van der Waals surface area contributed by atoms with E-state index >= 15 is 0 Å². The van der Waals surface area contributed by atoms with Crippen molar-refractivity contribution < 1.29 is 19.4 Å². The molecule has 1 amide bonds. The number of carboxylic acid groups (broad SMARTS) is 1. The van der Waals surface area contributed by atoms with Crippen LogP contribution in [0.3, 0.4) is 0 Å². The zero-order chi connectivity index (χ0) is 20.6. The molecule has 0 aliphatic rings. The van der Waals surface area contributed by atoms with Crippen LogP contribution in [-0.4, -0.2) is 23.0 Å². The van der Waals surface area contributed by atoms with Gasteiger partial charge in [0.25, 0.3) is 0 Å². The van der Waals surface area contributed by atoms with Crippen LogP contribution in [0.5, 0.6) is 11.5 Å². The number of para-hydroxylation sites is 2. The number of anilines is 1. The van der Waals surface area contributed by atoms with Gasteiger partial charge in [0.2, 0.25) is 5.91 Å². The molecule has 5 nitrogen and oxygen atoms in total. The number of carbonyl (C=O) groups is 2. The number of benzene rings is 3. The van der Waals surface area contributed by atoms with Crippen molar-refractivity contribution >= 4 is 17.6 Å². The Morgan fingerprint density at radius 3 is 2.14 bits per heavy atom. The fourth-order valence-electron chi connectivity index (χ4n) is 3.16. The Hall–Kier alpha value is -3.60. The Bertz CT molecular complexity index is 957. The lowest BCUT2D eigenvalue weighted by atomic mass is 10.1. The zero-order valence-electron chi connectivity index (χ0n) is 16.2. The van der Waals surface area contributed by atoms with E-state index in [2.05, 4.69) is 0 Å². The maximum Gasteiger partial charge on any atom is 0.326 e. The van der Waals surface area contributed by atoms with Crippen LogP contribution in [0.4, 0.5) is 5.69 Å². The molecule has 1 atom stereocenters. The highest BCUT2D eigenvalue weighted by atomic mass is 16.5. The number of carbonyl (C=O) groups excluding carboxylic acids is 1. The minimum Gasteiger partial charge on any atom is -0.480 e. The van der Waals surface area contributed by atoms with Gasteiger partial charge in [0.15, 0.2) is 0 Å². The van der Waals surface area contributed by atoms with E-state index in [0.29, 0.717) is 23.6 Å². The van der Waals surface area contributed by atoms with Gasteiger partial charge in [-0.15, -0.1) is 0 Å². The first-order valence-corrected chi connectivity index (χ1v) is 9.50. The van der Waals surface area contributed by atoms with Gasteiger partial charge in [-0.3, -0.25) is 9.69 Å². The highest BCUT2D eigenvalue weighted by molar-refractivity contribution is 6.00. The highest BCUT2D eigenvalue weighted by Crippen LogP contribution is 2.24. The fraction of sp³-hybridized carbons (Fsp3) is 0.167. The number of rotatable bonds is 8. The third-order valence-corrected chi connectivity index (χ3v) is 4.52. The normalized spacial score (nSPS) is 11.5. The summed E-state index contributed by atoms with van der Waals surface area (Å²) < 4.78 is 5.83. The minimum atomic E-state index is -1.02. The predicted octanol–water partition coefficient (Wildman–Crippen LogP) is 4.92. The third kappa shape index (κ3) is 5.23. The number of hydrogen-bond donors (Lipinski definition) is 1. The monoisotopic (exact) mass is 389 g/mol. The van der Waals surface area contributed by atoms with E-state index in [-0.39, 0.29) is 12.3 Å². The quantitative estimate of drug-likeness (QED) is 0.594. The summed E-state index contributed by atoms with van der Waals surface area (Å²) in [6.45, 7) is 1.76. The van der Waals surface area contributed by atoms with E-state index in [1.165, 1.54) is 4.90 Å². The Labute approximate surface area is 170 Å². The molecule has 0 bridgehead atoms. The second-order valence-corrected chi connectivity index (χ2v) is 6.60. The molecular weight excluding hydrogens is 366 g/mol. The summed E-state index contributed by atoms with van der Waals surface area (Å²) in [7, 11) is 0. The number of amides is 1. The molecule has 0 aliphatic heterocycles. The number of ether oxygens (including phenoxy) is 1. The molecule has 1 N–H and O–H groups in total. The topological polar surface area (TPSA) is 66.8 Å². The van der Waals surface area contributed by atoms with Gasteiger partial charge in [0.05, 0.1) is 6.42 Å². The van der Waals surface area contributed by atoms with Gasteiger partial charge >= 0.3 is 5.97 Å². The smallest absolute Gasteiger partial charge is 0.326 e. The van der Waals surface area contributed by atoms with E-state index < -0.39 is 12.0 Å². The Morgan fingerprint density at radius 1 is 0.897 bits per heavy atom. The van der Waals surface area contributed by atoms with Crippen LogP contribution >= 0.6 is 0 Å². The molecule has 0 heterocycles. The molecule has 0 saturated carbocycles. The van der Waals surface area contributed by atoms with Crippen molar-refractivity contribution in [1.29, 1.82) is 0 Å². The fourth-order valence-corrected chi connectivity index (χ4v) is 3.16. The number of nitrogens with zero attached hydrogens (tertiary/aromatic N) is 1. The zero-order valence-corrected chi connectivity index (χ0v) is 16.2. The second kappa shape index (κ2) is 9.55. The van der Waals surface area contributed by atoms with Gasteiger partial charge in [0.1, 0.15) is 17.5 Å². The van der Waals surface area contributed by atoms with Crippen LogP contribution in [0.2, 0.25) is 0 Å². The van der Waals surface area contributed by atoms with Crippen molar-refractivity contribution in [3.05, 3.63) is 90.5 Å². The molecular formula is C24H23NO4. The van der Waals surface area contributed by atoms with E-state index in [9.17, 15) is 14.7 Å². The molecule has 29 heavy (non-hydrogen) atoms. The summed E-state index contributed by atoms with van der Waals surface area (Å²) in [6, 6.07) is 24.7. The maximum absolute atomic E-state index is 13.1. The van der Waals surface area contributed by atoms with Crippen LogP contribution in [-0.2, 0) is 16.0 Å². The summed E-state index contributed by atoms with van der Waals surface area (Å²) in [4.78, 5) is 26.2. The van der Waals surface area contributed by atoms with Crippen molar-refractivity contribution in [3.63, 3.8) is 0 Å². The summed E-state index contributed by atoms with van der Waals surface area (Å²) in [5, 5.41) is 9.61. The molecule has 1 unspecified atom stereocenters. The summed E-state index contributed by atoms with van der Waals surface area (Å²) >= 11 is 0. The molecule has 5 heteroatoms. The summed E-state index contributed by atoms with van der Waals surface area (Å²) in [5.41, 5.74) is 1.33. The third-order valence-electron chi connectivity index (χ3n) is 4.52. The van der Waals surface area contributed by atoms with Gasteiger partial charge in [-0.1, -0.05) is 55.5 Å². The Morgan fingerprint density at radius 2 is 1.52 bits per heavy atom. The number of carboxylic acids is 1. The molecule has 3 aromatic rings. The molecule has 0 aliphatic carbocycles. The van der Waals surface area contributed by atoms with Crippen molar-refractivity contribution in [2.24, 2.45) is 0 Å². The van der Waals surface area contributed by atoms with Crippen molar-refractivity contribution in [2.45, 2.75) is 25.8 Å². The van der Waals surface area contributed by atoms with Gasteiger partial charge in [0, 0.05) is 5.69 Å². The molecule has 3 rings (SSSR count). The van der Waals surface area contributed by atoms with Gasteiger partial charge in [-0.25, -0.2) is 4.79 Å². The van der Waals surface area contributed by atoms with E-state index in [1.54, 1.807) is 37.3 Å². The summed E-state index contributed by atoms with van der Waals surface area (Å²) in [6.07, 6.45) is 0.387. The van der Waals surface area contributed by atoms with E-state index in [0.717, 1.165) is 5.56 Å². The minimum absolute atomic E-state index is 0.0741. The highest BCUT2D eigenvalue weighted by Gasteiger charge is 2.29. The first-order chi connectivity index (χ1) is 14.1. The lowest BCUT2D eigenvalue weighted by Gasteiger charge is -2.28. The lowest BCUT2D eigenvalue weighted by molar-refractivity contribution is -0.140. The molecule has 0 aromatic heterocycles. The van der Waals surface area contributed by atoms with Crippen LogP contribution in [0, 0.1) is 0 Å². The molecule has 0 radical (unpaired) electrons. The largest absolute Gasteiger partial charge is 0.480 e. The van der Waals surface area contributed by atoms with Crippen molar-refractivity contribution in [1.82, 2.24) is 0 Å². The van der Waals surface area contributed by atoms with Crippen LogP contribution in [0.1, 0.15) is 18.9 Å². The standard InChI is InChI=1S/C24H23NO4/c1-2-22(24(27)28)25(19-11-5-3-6-12-19)23(26)17-18-10-9-15-21(16-18)29-20-13-7-4-8-14-20/h3-16,22H,2,17H2,1H3,(H,27,28). The molecule has 0 saturated heterocycles. The van der Waals surface area contributed by atoms with Crippen LogP contribution in [0.25, 0.3) is 0 Å². The van der Waals surface area contributed by atoms with Gasteiger partial charge in [-0.2, -0.15) is 0 Å². The van der Waals surface area contributed by atoms with Crippen LogP contribution < -0.4 is 9.64 Å². The molecule has 0 spiro atoms. The second-order valence-electron chi connectivity index (χ2n) is 6.60. The molecule has 0 fully saturated rings. The molecule has 148 valence electrons. The summed E-state index contributed by atoms with van der Waals surface area (Å²) in [5.74, 6) is 0.0324. The predicted molar refractivity (Wildman–Crippen MR) is 112 cm³/mol. The van der Waals surface area contributed by atoms with Crippen molar-refractivity contribution in [3.8, 4) is 11.5 Å². The lowest BCUT2D eigenvalue weighted by Crippen LogP contribution is -2.45. The number of hydrogen-bond acceptors (Lipinski definition) is 3. The van der Waals surface area contributed by atoms with E-state index in [4.69, 9.17) is 4.74 Å². The number of aliphatic carboxylic acids is 1. The average Bonchev–Trinajstić information content (AvgIpc) is 2.73. The molecule has 3 aromatic carbocycles. The Balaban J connectivity index is 1.82. The van der Waals surface area contributed by atoms with Gasteiger partial charge < -0.3 is 9.84 Å².